The highest BCUT2D eigenvalue weighted by Gasteiger charge is 2.08. The van der Waals surface area contributed by atoms with Crippen molar-refractivity contribution in [2.24, 2.45) is 0 Å². The Morgan fingerprint density at radius 2 is 1.57 bits per heavy atom. The van der Waals surface area contributed by atoms with Crippen molar-refractivity contribution < 1.29 is 0 Å². The fourth-order valence-electron chi connectivity index (χ4n) is 2.13. The lowest BCUT2D eigenvalue weighted by Gasteiger charge is -2.11. The van der Waals surface area contributed by atoms with Crippen LogP contribution in [0.3, 0.4) is 0 Å². The van der Waals surface area contributed by atoms with Crippen molar-refractivity contribution in [3.05, 3.63) is 58.6 Å². The Balaban J connectivity index is 1.98. The fraction of sp³-hybridized carbons (Fsp3) is 0.0625. The summed E-state index contributed by atoms with van der Waals surface area (Å²) in [6.45, 7) is 0. The predicted octanol–water partition coefficient (Wildman–Crippen LogP) is 5.33. The number of anilines is 3. The third-order valence-electron chi connectivity index (χ3n) is 3.18. The number of benzene rings is 2. The van der Waals surface area contributed by atoms with Crippen molar-refractivity contribution in [3.63, 3.8) is 0 Å². The van der Waals surface area contributed by atoms with Gasteiger partial charge in [-0.1, -0.05) is 53.5 Å². The lowest BCUT2D eigenvalue weighted by molar-refractivity contribution is 1.28. The van der Waals surface area contributed by atoms with Crippen LogP contribution in [0.1, 0.15) is 0 Å². The number of fused-ring (bicyclic) bond motifs is 1. The predicted molar refractivity (Wildman–Crippen MR) is 91.0 cm³/mol. The van der Waals surface area contributed by atoms with Crippen LogP contribution in [0.15, 0.2) is 48.5 Å². The van der Waals surface area contributed by atoms with E-state index in [0.29, 0.717) is 21.7 Å². The quantitative estimate of drug-likeness (QED) is 0.685. The minimum Gasteiger partial charge on any atom is -0.372 e. The molecule has 0 aliphatic heterocycles. The minimum atomic E-state index is 0.479. The number of halogens is 2. The van der Waals surface area contributed by atoms with E-state index in [9.17, 15) is 0 Å². The molecule has 3 nitrogen and oxygen atoms in total. The first kappa shape index (κ1) is 14.0. The van der Waals surface area contributed by atoms with Gasteiger partial charge < -0.3 is 10.6 Å². The zero-order chi connectivity index (χ0) is 14.8. The maximum atomic E-state index is 6.19. The summed E-state index contributed by atoms with van der Waals surface area (Å²) in [5.41, 5.74) is 0.924. The van der Waals surface area contributed by atoms with E-state index in [1.54, 1.807) is 13.1 Å². The molecule has 0 saturated heterocycles. The Kier molecular flexibility index (Phi) is 3.86. The Hall–Kier alpha value is -1.97. The van der Waals surface area contributed by atoms with Gasteiger partial charge in [0.15, 0.2) is 5.82 Å². The molecule has 3 aromatic rings. The van der Waals surface area contributed by atoms with Crippen molar-refractivity contribution in [2.75, 3.05) is 17.7 Å². The number of hydrogen-bond acceptors (Lipinski definition) is 3. The van der Waals surface area contributed by atoms with E-state index >= 15 is 0 Å². The van der Waals surface area contributed by atoms with E-state index in [0.717, 1.165) is 11.1 Å². The van der Waals surface area contributed by atoms with Crippen molar-refractivity contribution in [1.82, 2.24) is 4.98 Å². The van der Waals surface area contributed by atoms with Crippen molar-refractivity contribution >= 4 is 51.3 Å². The summed E-state index contributed by atoms with van der Waals surface area (Å²) in [6, 6.07) is 16.0. The molecule has 5 heteroatoms. The molecule has 0 radical (unpaired) electrons. The second kappa shape index (κ2) is 5.80. The van der Waals surface area contributed by atoms with Gasteiger partial charge in [0.2, 0.25) is 0 Å². The molecule has 106 valence electrons. The van der Waals surface area contributed by atoms with Gasteiger partial charge in [0.05, 0.1) is 10.0 Å². The van der Waals surface area contributed by atoms with Crippen molar-refractivity contribution in [3.8, 4) is 0 Å². The van der Waals surface area contributed by atoms with Crippen LogP contribution in [0.4, 0.5) is 17.3 Å². The number of rotatable bonds is 3. The van der Waals surface area contributed by atoms with Crippen LogP contribution >= 0.6 is 23.2 Å². The summed E-state index contributed by atoms with van der Waals surface area (Å²) in [5, 5.41) is 9.48. The molecule has 21 heavy (non-hydrogen) atoms. The summed E-state index contributed by atoms with van der Waals surface area (Å²) in [5.74, 6) is 1.16. The molecule has 0 unspecified atom stereocenters. The third kappa shape index (κ3) is 2.89. The molecule has 1 heterocycles. The Morgan fingerprint density at radius 3 is 2.33 bits per heavy atom. The van der Waals surface area contributed by atoms with E-state index in [1.807, 2.05) is 18.2 Å². The monoisotopic (exact) mass is 317 g/mol. The van der Waals surface area contributed by atoms with Gasteiger partial charge in [-0.25, -0.2) is 4.98 Å². The molecule has 3 rings (SSSR count). The number of hydrogen-bond donors (Lipinski definition) is 2. The third-order valence-corrected chi connectivity index (χ3v) is 3.75. The first-order valence-electron chi connectivity index (χ1n) is 6.47. The summed E-state index contributed by atoms with van der Waals surface area (Å²) in [4.78, 5) is 4.38. The van der Waals surface area contributed by atoms with E-state index in [1.165, 1.54) is 5.39 Å². The molecule has 1 aromatic heterocycles. The van der Waals surface area contributed by atoms with Crippen LogP contribution in [0.25, 0.3) is 10.8 Å². The molecule has 0 aliphatic rings. The van der Waals surface area contributed by atoms with Crippen LogP contribution in [0, 0.1) is 0 Å². The first-order valence-corrected chi connectivity index (χ1v) is 7.22. The largest absolute Gasteiger partial charge is 0.372 e. The lowest BCUT2D eigenvalue weighted by atomic mass is 10.1. The molecule has 2 aromatic carbocycles. The van der Waals surface area contributed by atoms with E-state index < -0.39 is 0 Å². The van der Waals surface area contributed by atoms with Gasteiger partial charge in [-0.15, -0.1) is 0 Å². The van der Waals surface area contributed by atoms with Gasteiger partial charge in [-0.2, -0.15) is 0 Å². The van der Waals surface area contributed by atoms with Gasteiger partial charge >= 0.3 is 0 Å². The Labute approximate surface area is 132 Å². The van der Waals surface area contributed by atoms with Gasteiger partial charge in [-0.3, -0.25) is 0 Å². The van der Waals surface area contributed by atoms with E-state index in [2.05, 4.69) is 39.9 Å². The van der Waals surface area contributed by atoms with Crippen molar-refractivity contribution in [2.45, 2.75) is 0 Å². The molecule has 0 spiro atoms. The average Bonchev–Trinajstić information content (AvgIpc) is 2.50. The highest BCUT2D eigenvalue weighted by molar-refractivity contribution is 6.37. The SMILES string of the molecule is CNc1nc(Nc2ccc3ccccc3c2)c(Cl)cc1Cl. The number of nitrogens with one attached hydrogen (secondary N) is 2. The van der Waals surface area contributed by atoms with Crippen LogP contribution in [-0.2, 0) is 0 Å². The van der Waals surface area contributed by atoms with Gasteiger partial charge in [-0.05, 0) is 29.0 Å². The average molecular weight is 318 g/mol. The highest BCUT2D eigenvalue weighted by Crippen LogP contribution is 2.31. The highest BCUT2D eigenvalue weighted by atomic mass is 35.5. The lowest BCUT2D eigenvalue weighted by Crippen LogP contribution is -1.99. The zero-order valence-electron chi connectivity index (χ0n) is 11.3. The molecule has 0 bridgehead atoms. The van der Waals surface area contributed by atoms with Gasteiger partial charge in [0.1, 0.15) is 5.82 Å². The molecule has 0 aliphatic carbocycles. The molecular formula is C16H13Cl2N3. The summed E-state index contributed by atoms with van der Waals surface area (Å²) in [7, 11) is 1.77. The molecule has 0 saturated carbocycles. The van der Waals surface area contributed by atoms with Crippen LogP contribution in [-0.4, -0.2) is 12.0 Å². The molecule has 0 atom stereocenters. The maximum absolute atomic E-state index is 6.19. The van der Waals surface area contributed by atoms with Gasteiger partial charge in [0, 0.05) is 12.7 Å². The maximum Gasteiger partial charge on any atom is 0.151 e. The smallest absolute Gasteiger partial charge is 0.151 e. The fourth-order valence-corrected chi connectivity index (χ4v) is 2.63. The van der Waals surface area contributed by atoms with Crippen LogP contribution < -0.4 is 10.6 Å². The normalized spacial score (nSPS) is 10.6. The van der Waals surface area contributed by atoms with E-state index in [-0.39, 0.29) is 0 Å². The summed E-state index contributed by atoms with van der Waals surface area (Å²) < 4.78 is 0. The Morgan fingerprint density at radius 1 is 0.857 bits per heavy atom. The first-order chi connectivity index (χ1) is 10.2. The van der Waals surface area contributed by atoms with Crippen LogP contribution in [0.5, 0.6) is 0 Å². The molecule has 0 fully saturated rings. The Bertz CT molecular complexity index is 803. The summed E-state index contributed by atoms with van der Waals surface area (Å²) >= 11 is 12.2. The number of pyridine rings is 1. The summed E-state index contributed by atoms with van der Waals surface area (Å²) in [6.07, 6.45) is 0. The second-order valence-corrected chi connectivity index (χ2v) is 5.40. The van der Waals surface area contributed by atoms with Crippen LogP contribution in [0.2, 0.25) is 10.0 Å². The minimum absolute atomic E-state index is 0.479. The number of aromatic nitrogens is 1. The van der Waals surface area contributed by atoms with Crippen molar-refractivity contribution in [1.29, 1.82) is 0 Å². The molecule has 2 N–H and O–H groups in total. The van der Waals surface area contributed by atoms with E-state index in [4.69, 9.17) is 23.2 Å². The van der Waals surface area contributed by atoms with Gasteiger partial charge in [0.25, 0.3) is 0 Å². The molecular weight excluding hydrogens is 305 g/mol. The molecule has 0 amide bonds. The number of nitrogens with zero attached hydrogens (tertiary/aromatic N) is 1. The second-order valence-electron chi connectivity index (χ2n) is 4.59. The topological polar surface area (TPSA) is 37.0 Å². The standard InChI is InChI=1S/C16H13Cl2N3/c1-19-15-13(17)9-14(18)16(21-15)20-12-7-6-10-4-2-3-5-11(10)8-12/h2-9H,1H3,(H2,19,20,21). The zero-order valence-corrected chi connectivity index (χ0v) is 12.8.